The first kappa shape index (κ1) is 36.7. The molecule has 0 saturated carbocycles. The number of carboxylic acids is 1. The van der Waals surface area contributed by atoms with E-state index in [1.54, 1.807) is 0 Å². The topological polar surface area (TPSA) is 129 Å². The standard InChI is InChI=1S/C29H37NO8.CH3.2Y/c1-2-12-30-13-6-9-19-14-20-18(15-21(19)30)10-11-22(36-16-17-7-4-3-5-8-17)26(20)37-29-25(33)23(31)24(32)27(38-29)28(34)35;;;/h3-5,7-8,10-11,19,21,23-25,27,29,31-33H,2,6,9,12-16H2,1H3,(H,34,35);1H3;;/q;-1;;/t19-,21-,23+,24+,25-,27+,29-;;;/m1.../s1. The molecule has 3 aliphatic rings. The van der Waals surface area contributed by atoms with Crippen LogP contribution in [0.15, 0.2) is 42.5 Å². The van der Waals surface area contributed by atoms with Gasteiger partial charge in [0.15, 0.2) is 17.6 Å². The predicted octanol–water partition coefficient (Wildman–Crippen LogP) is 2.57. The van der Waals surface area contributed by atoms with Crippen LogP contribution in [0.3, 0.4) is 0 Å². The number of benzene rings is 2. The van der Waals surface area contributed by atoms with Gasteiger partial charge in [0, 0.05) is 77.0 Å². The third-order valence-corrected chi connectivity index (χ3v) is 8.05. The smallest absolute Gasteiger partial charge is 0.335 e. The summed E-state index contributed by atoms with van der Waals surface area (Å²) >= 11 is 0. The molecule has 0 amide bonds. The van der Waals surface area contributed by atoms with Gasteiger partial charge in [-0.3, -0.25) is 4.90 Å². The van der Waals surface area contributed by atoms with Crippen molar-refractivity contribution in [3.05, 3.63) is 66.6 Å². The van der Waals surface area contributed by atoms with Crippen LogP contribution in [0.5, 0.6) is 11.5 Å². The quantitative estimate of drug-likeness (QED) is 0.305. The Labute approximate surface area is 292 Å². The number of carbonyl (C=O) groups is 1. The predicted molar refractivity (Wildman–Crippen MR) is 144 cm³/mol. The van der Waals surface area contributed by atoms with E-state index in [-0.39, 0.29) is 72.8 Å². The molecule has 2 saturated heterocycles. The Morgan fingerprint density at radius 1 is 1.02 bits per heavy atom. The van der Waals surface area contributed by atoms with Crippen molar-refractivity contribution in [3.8, 4) is 11.5 Å². The van der Waals surface area contributed by atoms with Crippen LogP contribution in [0.4, 0.5) is 0 Å². The average Bonchev–Trinajstić information content (AvgIpc) is 2.92. The summed E-state index contributed by atoms with van der Waals surface area (Å²) in [4.78, 5) is 14.2. The molecule has 5 rings (SSSR count). The van der Waals surface area contributed by atoms with Gasteiger partial charge in [-0.25, -0.2) is 4.79 Å². The molecule has 2 aromatic rings. The van der Waals surface area contributed by atoms with E-state index >= 15 is 0 Å². The molecule has 4 N–H and O–H groups in total. The van der Waals surface area contributed by atoms with Crippen LogP contribution in [-0.4, -0.2) is 81.1 Å². The van der Waals surface area contributed by atoms with Crippen LogP contribution in [0.25, 0.3) is 0 Å². The number of hydrogen-bond acceptors (Lipinski definition) is 8. The van der Waals surface area contributed by atoms with Gasteiger partial charge in [-0.1, -0.05) is 43.3 Å². The molecule has 41 heavy (non-hydrogen) atoms. The van der Waals surface area contributed by atoms with Crippen molar-refractivity contribution in [1.29, 1.82) is 0 Å². The molecule has 7 atom stereocenters. The molecule has 2 heterocycles. The monoisotopic (exact) mass is 720 g/mol. The van der Waals surface area contributed by atoms with E-state index in [1.165, 1.54) is 0 Å². The zero-order valence-electron chi connectivity index (χ0n) is 23.8. The average molecular weight is 720 g/mol. The van der Waals surface area contributed by atoms with Crippen LogP contribution in [0.1, 0.15) is 42.9 Å². The van der Waals surface area contributed by atoms with E-state index in [1.807, 2.05) is 36.4 Å². The van der Waals surface area contributed by atoms with Gasteiger partial charge in [0.2, 0.25) is 6.29 Å². The van der Waals surface area contributed by atoms with Crippen molar-refractivity contribution in [1.82, 2.24) is 4.90 Å². The number of piperidine rings is 1. The minimum absolute atomic E-state index is 0. The minimum atomic E-state index is -1.78. The SMILES string of the molecule is CCCN1CCC[C@@H]2Cc3c(ccc(OCc4ccccc4)c3O[C@@H]3O[C@H](C(=O)O)[C@@H](O)[C@H](O)[C@H]3O)C[C@H]21.[CH3-].[Y].[Y]. The molecule has 2 aromatic carbocycles. The number of hydrogen-bond donors (Lipinski definition) is 4. The summed E-state index contributed by atoms with van der Waals surface area (Å²) < 4.78 is 17.8. The van der Waals surface area contributed by atoms with Crippen LogP contribution in [-0.2, 0) is 94.4 Å². The van der Waals surface area contributed by atoms with Crippen molar-refractivity contribution in [2.75, 3.05) is 13.1 Å². The molecule has 220 valence electrons. The Balaban J connectivity index is 0.00000196. The molecule has 0 spiro atoms. The van der Waals surface area contributed by atoms with Gasteiger partial charge in [0.25, 0.3) is 0 Å². The maximum Gasteiger partial charge on any atom is 0.335 e. The van der Waals surface area contributed by atoms with Gasteiger partial charge < -0.3 is 42.1 Å². The maximum atomic E-state index is 11.7. The molecule has 2 aliphatic heterocycles. The molecule has 2 fully saturated rings. The van der Waals surface area contributed by atoms with E-state index in [2.05, 4.69) is 17.9 Å². The third kappa shape index (κ3) is 8.17. The van der Waals surface area contributed by atoms with Crippen molar-refractivity contribution in [2.24, 2.45) is 5.92 Å². The minimum Gasteiger partial charge on any atom is -0.485 e. The normalized spacial score (nSPS) is 28.9. The van der Waals surface area contributed by atoms with Crippen LogP contribution in [0.2, 0.25) is 0 Å². The number of aliphatic hydroxyl groups excluding tert-OH is 3. The van der Waals surface area contributed by atoms with E-state index in [0.717, 1.165) is 61.9 Å². The number of aliphatic carboxylic acids is 1. The number of likely N-dealkylation sites (tertiary alicyclic amines) is 1. The number of ether oxygens (including phenoxy) is 3. The van der Waals surface area contributed by atoms with Gasteiger partial charge in [-0.2, -0.15) is 0 Å². The molecule has 0 unspecified atom stereocenters. The summed E-state index contributed by atoms with van der Waals surface area (Å²) in [5, 5.41) is 40.6. The Kier molecular flexibility index (Phi) is 14.8. The molecule has 0 bridgehead atoms. The number of carboxylic acid groups (broad SMARTS) is 1. The fourth-order valence-electron chi connectivity index (χ4n) is 6.10. The fourth-order valence-corrected chi connectivity index (χ4v) is 6.10. The molecule has 11 heteroatoms. The summed E-state index contributed by atoms with van der Waals surface area (Å²) in [7, 11) is 0. The van der Waals surface area contributed by atoms with E-state index in [4.69, 9.17) is 14.2 Å². The van der Waals surface area contributed by atoms with Gasteiger partial charge in [-0.05, 0) is 68.3 Å². The van der Waals surface area contributed by atoms with Gasteiger partial charge in [-0.15, -0.1) is 0 Å². The Morgan fingerprint density at radius 2 is 1.76 bits per heavy atom. The number of aliphatic hydroxyl groups is 3. The summed E-state index contributed by atoms with van der Waals surface area (Å²) in [6.45, 7) is 4.66. The van der Waals surface area contributed by atoms with Crippen molar-refractivity contribution < 1.29 is 105 Å². The number of fused-ring (bicyclic) bond motifs is 2. The molecule has 9 nitrogen and oxygen atoms in total. The Hall–Kier alpha value is -0.482. The zero-order chi connectivity index (χ0) is 26.8. The first-order valence-electron chi connectivity index (χ1n) is 13.5. The number of rotatable bonds is 8. The van der Waals surface area contributed by atoms with Crippen molar-refractivity contribution >= 4 is 5.97 Å². The van der Waals surface area contributed by atoms with E-state index in [0.29, 0.717) is 30.1 Å². The first-order chi connectivity index (χ1) is 18.4. The summed E-state index contributed by atoms with van der Waals surface area (Å²) in [6.07, 6.45) is -3.45. The van der Waals surface area contributed by atoms with Crippen molar-refractivity contribution in [3.63, 3.8) is 0 Å². The second-order valence-electron chi connectivity index (χ2n) is 10.6. The maximum absolute atomic E-state index is 11.7. The van der Waals surface area contributed by atoms with Crippen LogP contribution < -0.4 is 9.47 Å². The van der Waals surface area contributed by atoms with Crippen molar-refractivity contribution in [2.45, 2.75) is 82.4 Å². The summed E-state index contributed by atoms with van der Waals surface area (Å²) in [5.74, 6) is -0.170. The Morgan fingerprint density at radius 3 is 2.44 bits per heavy atom. The molecular formula is C30H40NO8Y2-. The second kappa shape index (κ2) is 16.6. The first-order valence-corrected chi connectivity index (χ1v) is 13.5. The van der Waals surface area contributed by atoms with Crippen LogP contribution >= 0.6 is 0 Å². The molecular weight excluding hydrogens is 680 g/mol. The van der Waals surface area contributed by atoms with E-state index in [9.17, 15) is 25.2 Å². The van der Waals surface area contributed by atoms with Gasteiger partial charge in [0.05, 0.1) is 0 Å². The fraction of sp³-hybridized carbons (Fsp3) is 0.533. The molecule has 2 radical (unpaired) electrons. The summed E-state index contributed by atoms with van der Waals surface area (Å²) in [5.41, 5.74) is 3.05. The van der Waals surface area contributed by atoms with Gasteiger partial charge in [0.1, 0.15) is 24.9 Å². The largest absolute Gasteiger partial charge is 0.485 e. The third-order valence-electron chi connectivity index (χ3n) is 8.05. The zero-order valence-corrected chi connectivity index (χ0v) is 29.4. The molecule has 0 aromatic heterocycles. The second-order valence-corrected chi connectivity index (χ2v) is 10.6. The van der Waals surface area contributed by atoms with Crippen LogP contribution in [0, 0.1) is 13.3 Å². The Bertz CT molecular complexity index is 1120. The number of nitrogens with zero attached hydrogens (tertiary/aromatic N) is 1. The summed E-state index contributed by atoms with van der Waals surface area (Å²) in [6, 6.07) is 14.1. The van der Waals surface area contributed by atoms with Gasteiger partial charge >= 0.3 is 5.97 Å². The molecule has 1 aliphatic carbocycles. The van der Waals surface area contributed by atoms with E-state index < -0.39 is 36.7 Å².